The molecule has 0 aromatic heterocycles. The van der Waals surface area contributed by atoms with Crippen molar-refractivity contribution in [2.75, 3.05) is 26.2 Å². The number of phenolic OH excluding ortho intramolecular Hbond substituents is 1. The first-order valence-electron chi connectivity index (χ1n) is 8.12. The summed E-state index contributed by atoms with van der Waals surface area (Å²) < 4.78 is 5.49. The smallest absolute Gasteiger partial charge is 0.162 e. The Morgan fingerprint density at radius 3 is 2.95 bits per heavy atom. The molecule has 2 heterocycles. The topological polar surface area (TPSA) is 35.9 Å². The normalized spacial score (nSPS) is 26.8. The fourth-order valence-corrected chi connectivity index (χ4v) is 3.79. The van der Waals surface area contributed by atoms with Gasteiger partial charge in [0, 0.05) is 37.3 Å². The number of benzene rings is 1. The van der Waals surface area contributed by atoms with Gasteiger partial charge in [0.2, 0.25) is 0 Å². The summed E-state index contributed by atoms with van der Waals surface area (Å²) >= 11 is 0. The Kier molecular flexibility index (Phi) is 4.36. The monoisotopic (exact) mass is 290 g/mol. The summed E-state index contributed by atoms with van der Waals surface area (Å²) in [6, 6.07) is 7.05. The number of piperazine rings is 1. The second-order valence-electron chi connectivity index (χ2n) is 6.15. The Labute approximate surface area is 127 Å². The number of ether oxygens (including phenoxy) is 1. The van der Waals surface area contributed by atoms with E-state index in [1.807, 2.05) is 25.1 Å². The van der Waals surface area contributed by atoms with E-state index in [0.29, 0.717) is 30.2 Å². The lowest BCUT2D eigenvalue weighted by atomic mass is 10.0. The standard InChI is InChI=1S/C17H26N2O2/c1-3-21-16-8-4-6-14(17(16)20)12-19-11-10-18-9-5-7-15(18)13(19)2/h4,6,8,13,15,20H,3,5,7,9-12H2,1-2H3/t13-,15-/m0/s1. The van der Waals surface area contributed by atoms with Crippen molar-refractivity contribution in [3.8, 4) is 11.5 Å². The van der Waals surface area contributed by atoms with E-state index in [0.717, 1.165) is 25.2 Å². The number of fused-ring (bicyclic) bond motifs is 1. The van der Waals surface area contributed by atoms with Crippen LogP contribution < -0.4 is 4.74 Å². The maximum absolute atomic E-state index is 10.4. The number of hydrogen-bond acceptors (Lipinski definition) is 4. The Morgan fingerprint density at radius 1 is 1.29 bits per heavy atom. The highest BCUT2D eigenvalue weighted by Crippen LogP contribution is 2.33. The molecule has 0 aliphatic carbocycles. The van der Waals surface area contributed by atoms with Crippen LogP contribution in [-0.2, 0) is 6.54 Å². The molecule has 2 aliphatic heterocycles. The number of nitrogens with zero attached hydrogens (tertiary/aromatic N) is 2. The molecule has 21 heavy (non-hydrogen) atoms. The lowest BCUT2D eigenvalue weighted by Crippen LogP contribution is -2.55. The third kappa shape index (κ3) is 2.87. The van der Waals surface area contributed by atoms with E-state index in [1.165, 1.54) is 19.4 Å². The Hall–Kier alpha value is -1.26. The average molecular weight is 290 g/mol. The zero-order chi connectivity index (χ0) is 14.8. The molecule has 1 aromatic carbocycles. The number of hydrogen-bond donors (Lipinski definition) is 1. The lowest BCUT2D eigenvalue weighted by Gasteiger charge is -2.43. The van der Waals surface area contributed by atoms with Crippen molar-refractivity contribution >= 4 is 0 Å². The number of rotatable bonds is 4. The predicted octanol–water partition coefficient (Wildman–Crippen LogP) is 2.46. The third-order valence-electron chi connectivity index (χ3n) is 4.98. The van der Waals surface area contributed by atoms with Crippen LogP contribution in [0.5, 0.6) is 11.5 Å². The van der Waals surface area contributed by atoms with E-state index in [4.69, 9.17) is 4.74 Å². The third-order valence-corrected chi connectivity index (χ3v) is 4.98. The van der Waals surface area contributed by atoms with Crippen LogP contribution in [0.2, 0.25) is 0 Å². The van der Waals surface area contributed by atoms with Crippen LogP contribution >= 0.6 is 0 Å². The van der Waals surface area contributed by atoms with E-state index >= 15 is 0 Å². The molecule has 2 aliphatic rings. The first kappa shape index (κ1) is 14.7. The van der Waals surface area contributed by atoms with Crippen molar-refractivity contribution in [3.05, 3.63) is 23.8 Å². The fraction of sp³-hybridized carbons (Fsp3) is 0.647. The van der Waals surface area contributed by atoms with Crippen molar-refractivity contribution in [2.24, 2.45) is 0 Å². The summed E-state index contributed by atoms with van der Waals surface area (Å²) in [5, 5.41) is 10.4. The molecular formula is C17H26N2O2. The zero-order valence-electron chi connectivity index (χ0n) is 13.1. The molecule has 0 amide bonds. The summed E-state index contributed by atoms with van der Waals surface area (Å²) in [6.45, 7) is 9.14. The summed E-state index contributed by atoms with van der Waals surface area (Å²) in [7, 11) is 0. The van der Waals surface area contributed by atoms with Gasteiger partial charge in [0.15, 0.2) is 11.5 Å². The van der Waals surface area contributed by atoms with Crippen LogP contribution in [0.4, 0.5) is 0 Å². The second-order valence-corrected chi connectivity index (χ2v) is 6.15. The first-order valence-corrected chi connectivity index (χ1v) is 8.12. The van der Waals surface area contributed by atoms with Gasteiger partial charge >= 0.3 is 0 Å². The Bertz CT molecular complexity index is 492. The Balaban J connectivity index is 1.73. The molecule has 4 nitrogen and oxygen atoms in total. The molecule has 116 valence electrons. The van der Waals surface area contributed by atoms with Crippen molar-refractivity contribution < 1.29 is 9.84 Å². The van der Waals surface area contributed by atoms with Gasteiger partial charge in [-0.25, -0.2) is 0 Å². The average Bonchev–Trinajstić information content (AvgIpc) is 2.95. The molecule has 1 aromatic rings. The van der Waals surface area contributed by atoms with Gasteiger partial charge in [-0.1, -0.05) is 12.1 Å². The van der Waals surface area contributed by atoms with Gasteiger partial charge in [0.05, 0.1) is 6.61 Å². The molecule has 0 unspecified atom stereocenters. The van der Waals surface area contributed by atoms with Crippen molar-refractivity contribution in [2.45, 2.75) is 45.3 Å². The molecule has 0 radical (unpaired) electrons. The van der Waals surface area contributed by atoms with E-state index in [9.17, 15) is 5.11 Å². The first-order chi connectivity index (χ1) is 10.2. The SMILES string of the molecule is CCOc1cccc(CN2CCN3CCC[C@H]3[C@@H]2C)c1O. The van der Waals surface area contributed by atoms with E-state index < -0.39 is 0 Å². The van der Waals surface area contributed by atoms with Crippen LogP contribution in [0.25, 0.3) is 0 Å². The highest BCUT2D eigenvalue weighted by Gasteiger charge is 2.36. The molecule has 0 saturated carbocycles. The quantitative estimate of drug-likeness (QED) is 0.924. The molecular weight excluding hydrogens is 264 g/mol. The summed E-state index contributed by atoms with van der Waals surface area (Å²) in [6.07, 6.45) is 2.64. The van der Waals surface area contributed by atoms with E-state index in [-0.39, 0.29) is 0 Å². The molecule has 2 fully saturated rings. The van der Waals surface area contributed by atoms with Gasteiger partial charge in [0.25, 0.3) is 0 Å². The molecule has 4 heteroatoms. The summed E-state index contributed by atoms with van der Waals surface area (Å²) in [5.41, 5.74) is 0.972. The van der Waals surface area contributed by atoms with Crippen LogP contribution in [0, 0.1) is 0 Å². The highest BCUT2D eigenvalue weighted by molar-refractivity contribution is 5.45. The van der Waals surface area contributed by atoms with Crippen molar-refractivity contribution in [1.82, 2.24) is 9.80 Å². The van der Waals surface area contributed by atoms with Gasteiger partial charge in [-0.3, -0.25) is 9.80 Å². The van der Waals surface area contributed by atoms with Gasteiger partial charge in [-0.15, -0.1) is 0 Å². The van der Waals surface area contributed by atoms with Crippen molar-refractivity contribution in [1.29, 1.82) is 0 Å². The van der Waals surface area contributed by atoms with Gasteiger partial charge in [-0.05, 0) is 39.3 Å². The minimum atomic E-state index is 0.306. The molecule has 0 bridgehead atoms. The van der Waals surface area contributed by atoms with Crippen LogP contribution in [-0.4, -0.2) is 53.2 Å². The molecule has 3 rings (SSSR count). The summed E-state index contributed by atoms with van der Waals surface area (Å²) in [4.78, 5) is 5.12. The molecule has 2 saturated heterocycles. The zero-order valence-corrected chi connectivity index (χ0v) is 13.1. The number of phenols is 1. The molecule has 0 spiro atoms. The number of para-hydroxylation sites is 1. The molecule has 2 atom stereocenters. The second kappa shape index (κ2) is 6.24. The maximum Gasteiger partial charge on any atom is 0.162 e. The largest absolute Gasteiger partial charge is 0.504 e. The van der Waals surface area contributed by atoms with Crippen LogP contribution in [0.3, 0.4) is 0 Å². The van der Waals surface area contributed by atoms with Gasteiger partial charge in [0.1, 0.15) is 0 Å². The lowest BCUT2D eigenvalue weighted by molar-refractivity contribution is 0.0465. The summed E-state index contributed by atoms with van der Waals surface area (Å²) in [5.74, 6) is 0.905. The van der Waals surface area contributed by atoms with Crippen molar-refractivity contribution in [3.63, 3.8) is 0 Å². The fourth-order valence-electron chi connectivity index (χ4n) is 3.79. The predicted molar refractivity (Wildman–Crippen MR) is 83.7 cm³/mol. The number of aromatic hydroxyl groups is 1. The van der Waals surface area contributed by atoms with E-state index in [1.54, 1.807) is 0 Å². The Morgan fingerprint density at radius 2 is 2.14 bits per heavy atom. The minimum Gasteiger partial charge on any atom is -0.504 e. The van der Waals surface area contributed by atoms with Crippen LogP contribution in [0.15, 0.2) is 18.2 Å². The highest BCUT2D eigenvalue weighted by atomic mass is 16.5. The van der Waals surface area contributed by atoms with E-state index in [2.05, 4.69) is 16.7 Å². The molecule has 1 N–H and O–H groups in total. The van der Waals surface area contributed by atoms with Gasteiger partial charge in [-0.2, -0.15) is 0 Å². The minimum absolute atomic E-state index is 0.306. The maximum atomic E-state index is 10.4. The van der Waals surface area contributed by atoms with Crippen LogP contribution in [0.1, 0.15) is 32.3 Å². The van der Waals surface area contributed by atoms with Gasteiger partial charge < -0.3 is 9.84 Å².